The number of benzene rings is 3. The van der Waals surface area contributed by atoms with Crippen molar-refractivity contribution in [3.8, 4) is 22.8 Å². The Kier molecular flexibility index (Phi) is 4.91. The van der Waals surface area contributed by atoms with Gasteiger partial charge >= 0.3 is 5.82 Å². The average molecular weight is 349 g/mol. The van der Waals surface area contributed by atoms with Gasteiger partial charge in [-0.2, -0.15) is 0 Å². The Morgan fingerprint density at radius 3 is 2.00 bits per heavy atom. The van der Waals surface area contributed by atoms with Crippen LogP contribution in [-0.2, 0) is 0 Å². The number of aromatic nitrogens is 4. The van der Waals surface area contributed by atoms with Gasteiger partial charge in [-0.15, -0.1) is 0 Å². The number of tetrazole rings is 1. The number of aryl methyl sites for hydroxylation is 1. The third kappa shape index (κ3) is 3.44. The lowest BCUT2D eigenvalue weighted by molar-refractivity contribution is -0.734. The third-order valence-corrected chi connectivity index (χ3v) is 3.84. The van der Waals surface area contributed by atoms with Crippen LogP contribution in [0.15, 0.2) is 84.9 Å². The lowest BCUT2D eigenvalue weighted by atomic mass is 10.1. The molecule has 0 spiro atoms. The summed E-state index contributed by atoms with van der Waals surface area (Å²) in [6.07, 6.45) is 0. The first-order valence-corrected chi connectivity index (χ1v) is 7.89. The summed E-state index contributed by atoms with van der Waals surface area (Å²) in [5, 5.41) is 9.45. The van der Waals surface area contributed by atoms with E-state index in [1.54, 1.807) is 0 Å². The molecule has 0 aliphatic carbocycles. The zero-order valence-corrected chi connectivity index (χ0v) is 14.5. The second-order valence-electron chi connectivity index (χ2n) is 5.64. The lowest BCUT2D eigenvalue weighted by Gasteiger charge is -1.98. The van der Waals surface area contributed by atoms with Gasteiger partial charge in [0.2, 0.25) is 0 Å². The molecule has 0 bridgehead atoms. The number of hydrogen-bond acceptors (Lipinski definition) is 2. The van der Waals surface area contributed by atoms with Gasteiger partial charge in [0.1, 0.15) is 5.69 Å². The zero-order chi connectivity index (χ0) is 16.4. The number of hydrogen-bond donors (Lipinski definition) is 0. The van der Waals surface area contributed by atoms with Crippen LogP contribution in [0, 0.1) is 6.92 Å². The first kappa shape index (κ1) is 16.9. The van der Waals surface area contributed by atoms with Gasteiger partial charge in [0.25, 0.3) is 0 Å². The molecule has 4 rings (SSSR count). The van der Waals surface area contributed by atoms with Gasteiger partial charge in [-0.05, 0) is 53.2 Å². The Bertz CT molecular complexity index is 891. The number of halogens is 1. The van der Waals surface area contributed by atoms with Crippen molar-refractivity contribution in [3.63, 3.8) is 0 Å². The highest BCUT2D eigenvalue weighted by atomic mass is 35.5. The molecule has 0 aliphatic heterocycles. The molecule has 3 aromatic carbocycles. The fraction of sp³-hybridized carbons (Fsp3) is 0.0500. The number of para-hydroxylation sites is 2. The fourth-order valence-electron chi connectivity index (χ4n) is 2.56. The maximum Gasteiger partial charge on any atom is 0.340 e. The van der Waals surface area contributed by atoms with E-state index in [0.29, 0.717) is 5.82 Å². The summed E-state index contributed by atoms with van der Waals surface area (Å²) in [5.41, 5.74) is 4.15. The van der Waals surface area contributed by atoms with Crippen LogP contribution in [0.2, 0.25) is 0 Å². The minimum atomic E-state index is 0. The van der Waals surface area contributed by atoms with Crippen LogP contribution in [0.25, 0.3) is 22.8 Å². The maximum absolute atomic E-state index is 4.73. The molecule has 0 radical (unpaired) electrons. The molecule has 0 N–H and O–H groups in total. The minimum absolute atomic E-state index is 0. The van der Waals surface area contributed by atoms with Gasteiger partial charge in [0.15, 0.2) is 5.69 Å². The lowest BCUT2D eigenvalue weighted by Crippen LogP contribution is -3.00. The van der Waals surface area contributed by atoms with Crippen molar-refractivity contribution < 1.29 is 17.2 Å². The van der Waals surface area contributed by atoms with Crippen molar-refractivity contribution >= 4 is 0 Å². The highest BCUT2D eigenvalue weighted by Gasteiger charge is 2.22. The second kappa shape index (κ2) is 7.28. The van der Waals surface area contributed by atoms with Gasteiger partial charge in [-0.25, -0.2) is 0 Å². The smallest absolute Gasteiger partial charge is 0.340 e. The van der Waals surface area contributed by atoms with Gasteiger partial charge in [-0.1, -0.05) is 54.1 Å². The molecule has 0 saturated heterocycles. The summed E-state index contributed by atoms with van der Waals surface area (Å²) < 4.78 is 0. The fourth-order valence-corrected chi connectivity index (χ4v) is 2.56. The molecule has 1 aromatic heterocycles. The molecule has 4 aromatic rings. The summed E-state index contributed by atoms with van der Waals surface area (Å²) in [6, 6.07) is 28.3. The van der Waals surface area contributed by atoms with E-state index in [-0.39, 0.29) is 12.4 Å². The Morgan fingerprint density at radius 2 is 1.36 bits per heavy atom. The topological polar surface area (TPSA) is 34.6 Å². The average Bonchev–Trinajstić information content (AvgIpc) is 3.09. The Hall–Kier alpha value is -2.98. The molecule has 0 fully saturated rings. The summed E-state index contributed by atoms with van der Waals surface area (Å²) in [6.45, 7) is 2.07. The van der Waals surface area contributed by atoms with E-state index in [2.05, 4.69) is 31.2 Å². The summed E-state index contributed by atoms with van der Waals surface area (Å²) in [7, 11) is 0. The van der Waals surface area contributed by atoms with Crippen LogP contribution < -0.4 is 17.2 Å². The zero-order valence-electron chi connectivity index (χ0n) is 13.7. The van der Waals surface area contributed by atoms with Crippen LogP contribution in [0.3, 0.4) is 0 Å². The Labute approximate surface area is 152 Å². The van der Waals surface area contributed by atoms with Gasteiger partial charge in [0.05, 0.1) is 10.7 Å². The van der Waals surface area contributed by atoms with Crippen LogP contribution >= 0.6 is 0 Å². The molecular weight excluding hydrogens is 332 g/mol. The van der Waals surface area contributed by atoms with Crippen molar-refractivity contribution in [2.45, 2.75) is 6.92 Å². The van der Waals surface area contributed by atoms with E-state index >= 15 is 0 Å². The Morgan fingerprint density at radius 1 is 0.760 bits per heavy atom. The molecule has 0 atom stereocenters. The summed E-state index contributed by atoms with van der Waals surface area (Å²) >= 11 is 0. The third-order valence-electron chi connectivity index (χ3n) is 3.84. The predicted molar refractivity (Wildman–Crippen MR) is 93.1 cm³/mol. The minimum Gasteiger partial charge on any atom is -1.00 e. The van der Waals surface area contributed by atoms with Gasteiger partial charge in [0, 0.05) is 4.80 Å². The van der Waals surface area contributed by atoms with Crippen molar-refractivity contribution in [2.75, 3.05) is 0 Å². The molecule has 1 heterocycles. The molecule has 0 saturated carbocycles. The van der Waals surface area contributed by atoms with Gasteiger partial charge < -0.3 is 12.4 Å². The van der Waals surface area contributed by atoms with E-state index < -0.39 is 0 Å². The normalized spacial score (nSPS) is 10.3. The first-order valence-electron chi connectivity index (χ1n) is 7.89. The maximum atomic E-state index is 4.73. The first-order chi connectivity index (χ1) is 11.8. The van der Waals surface area contributed by atoms with Crippen molar-refractivity contribution in [1.82, 2.24) is 15.0 Å². The molecular formula is C20H17ClN4. The Balaban J connectivity index is 0.00000182. The van der Waals surface area contributed by atoms with Crippen LogP contribution in [0.5, 0.6) is 0 Å². The molecule has 0 aliphatic rings. The number of nitrogens with zero attached hydrogens (tertiary/aromatic N) is 4. The molecule has 4 nitrogen and oxygen atoms in total. The van der Waals surface area contributed by atoms with Crippen LogP contribution in [-0.4, -0.2) is 15.0 Å². The van der Waals surface area contributed by atoms with E-state index in [1.165, 1.54) is 5.56 Å². The summed E-state index contributed by atoms with van der Waals surface area (Å²) in [5.74, 6) is 0.697. The highest BCUT2D eigenvalue weighted by Crippen LogP contribution is 2.15. The van der Waals surface area contributed by atoms with Gasteiger partial charge in [-0.3, -0.25) is 0 Å². The van der Waals surface area contributed by atoms with Crippen molar-refractivity contribution in [2.24, 2.45) is 0 Å². The van der Waals surface area contributed by atoms with Crippen molar-refractivity contribution in [3.05, 3.63) is 90.5 Å². The predicted octanol–water partition coefficient (Wildman–Crippen LogP) is 0.523. The van der Waals surface area contributed by atoms with Crippen LogP contribution in [0.1, 0.15) is 5.56 Å². The van der Waals surface area contributed by atoms with E-state index in [4.69, 9.17) is 10.2 Å². The van der Waals surface area contributed by atoms with Crippen LogP contribution in [0.4, 0.5) is 0 Å². The molecule has 0 amide bonds. The molecule has 5 heteroatoms. The SMILES string of the molecule is Cc1ccc(-c2nn(-c3ccccc3)[n+](-c3ccccc3)n2)cc1.[Cl-]. The summed E-state index contributed by atoms with van der Waals surface area (Å²) in [4.78, 5) is 3.65. The largest absolute Gasteiger partial charge is 1.00 e. The number of rotatable bonds is 3. The molecule has 25 heavy (non-hydrogen) atoms. The highest BCUT2D eigenvalue weighted by molar-refractivity contribution is 5.54. The van der Waals surface area contributed by atoms with E-state index in [9.17, 15) is 0 Å². The quantitative estimate of drug-likeness (QED) is 0.506. The van der Waals surface area contributed by atoms with E-state index in [0.717, 1.165) is 16.9 Å². The monoisotopic (exact) mass is 348 g/mol. The molecule has 0 unspecified atom stereocenters. The standard InChI is InChI=1S/C20H17N4.ClH/c1-16-12-14-17(15-13-16)20-21-23(18-8-4-2-5-9-18)24(22-20)19-10-6-3-7-11-19;/h2-15H,1H3;1H/q+1;/p-1. The van der Waals surface area contributed by atoms with Crippen molar-refractivity contribution in [1.29, 1.82) is 0 Å². The van der Waals surface area contributed by atoms with E-state index in [1.807, 2.05) is 70.3 Å². The second-order valence-corrected chi connectivity index (χ2v) is 5.64. The molecule has 124 valence electrons.